The van der Waals surface area contributed by atoms with Gasteiger partial charge in [0.05, 0.1) is 11.9 Å². The van der Waals surface area contributed by atoms with Gasteiger partial charge in [0, 0.05) is 15.5 Å². The van der Waals surface area contributed by atoms with Crippen molar-refractivity contribution in [2.75, 3.05) is 0 Å². The SMILES string of the molecule is Cc1cc(-c2c(C)sc3ncc(C=O)n23)ccc1Cl. The standard InChI is InChI=1S/C14H11ClN2OS/c1-8-5-10(3-4-12(8)15)13-9(2)19-14-16-6-11(7-18)17(13)14/h3-7H,1-2H3. The van der Waals surface area contributed by atoms with Gasteiger partial charge in [-0.2, -0.15) is 0 Å². The minimum atomic E-state index is 0.571. The molecule has 0 aliphatic carbocycles. The number of hydrogen-bond donors (Lipinski definition) is 0. The second-order valence-electron chi connectivity index (χ2n) is 4.39. The third kappa shape index (κ3) is 1.88. The number of carbonyl (C=O) groups excluding carboxylic acids is 1. The van der Waals surface area contributed by atoms with Gasteiger partial charge in [0.2, 0.25) is 0 Å². The molecule has 3 nitrogen and oxygen atoms in total. The first kappa shape index (κ1) is 12.4. The van der Waals surface area contributed by atoms with E-state index in [2.05, 4.69) is 4.98 Å². The van der Waals surface area contributed by atoms with Gasteiger partial charge < -0.3 is 0 Å². The number of aryl methyl sites for hydroxylation is 2. The zero-order valence-corrected chi connectivity index (χ0v) is 12.0. The number of benzene rings is 1. The van der Waals surface area contributed by atoms with Crippen molar-refractivity contribution in [2.24, 2.45) is 0 Å². The lowest BCUT2D eigenvalue weighted by Crippen LogP contribution is -1.93. The highest BCUT2D eigenvalue weighted by Crippen LogP contribution is 2.33. The molecule has 3 aromatic rings. The van der Waals surface area contributed by atoms with Crippen LogP contribution in [0.1, 0.15) is 20.9 Å². The topological polar surface area (TPSA) is 34.4 Å². The van der Waals surface area contributed by atoms with Crippen LogP contribution in [-0.4, -0.2) is 15.7 Å². The summed E-state index contributed by atoms with van der Waals surface area (Å²) in [6.07, 6.45) is 2.43. The highest BCUT2D eigenvalue weighted by Gasteiger charge is 2.15. The second kappa shape index (κ2) is 4.47. The number of halogens is 1. The number of aromatic nitrogens is 2. The van der Waals surface area contributed by atoms with Crippen molar-refractivity contribution < 1.29 is 4.79 Å². The zero-order valence-electron chi connectivity index (χ0n) is 10.5. The summed E-state index contributed by atoms with van der Waals surface area (Å²) >= 11 is 7.64. The van der Waals surface area contributed by atoms with Gasteiger partial charge in [0.1, 0.15) is 5.69 Å². The lowest BCUT2D eigenvalue weighted by Gasteiger charge is -2.06. The lowest BCUT2D eigenvalue weighted by atomic mass is 10.1. The summed E-state index contributed by atoms with van der Waals surface area (Å²) in [6.45, 7) is 4.01. The van der Waals surface area contributed by atoms with Crippen LogP contribution in [0.3, 0.4) is 0 Å². The van der Waals surface area contributed by atoms with E-state index in [1.165, 1.54) is 0 Å². The third-order valence-corrected chi connectivity index (χ3v) is 4.50. The summed E-state index contributed by atoms with van der Waals surface area (Å²) in [7, 11) is 0. The van der Waals surface area contributed by atoms with Crippen LogP contribution in [0.15, 0.2) is 24.4 Å². The summed E-state index contributed by atoms with van der Waals surface area (Å²) < 4.78 is 1.90. The van der Waals surface area contributed by atoms with Crippen LogP contribution in [-0.2, 0) is 0 Å². The average molecular weight is 291 g/mol. The van der Waals surface area contributed by atoms with Crippen molar-refractivity contribution in [1.29, 1.82) is 0 Å². The first-order valence-electron chi connectivity index (χ1n) is 5.80. The summed E-state index contributed by atoms with van der Waals surface area (Å²) in [5.41, 5.74) is 3.65. The molecule has 0 aliphatic rings. The number of fused-ring (bicyclic) bond motifs is 1. The van der Waals surface area contributed by atoms with Crippen LogP contribution in [0, 0.1) is 13.8 Å². The van der Waals surface area contributed by atoms with Crippen molar-refractivity contribution in [2.45, 2.75) is 13.8 Å². The average Bonchev–Trinajstić information content (AvgIpc) is 2.90. The Labute approximate surface area is 119 Å². The minimum Gasteiger partial charge on any atom is -0.296 e. The fraction of sp³-hybridized carbons (Fsp3) is 0.143. The largest absolute Gasteiger partial charge is 0.296 e. The van der Waals surface area contributed by atoms with Crippen molar-refractivity contribution in [3.05, 3.63) is 45.6 Å². The van der Waals surface area contributed by atoms with Crippen LogP contribution < -0.4 is 0 Å². The Morgan fingerprint density at radius 3 is 2.84 bits per heavy atom. The van der Waals surface area contributed by atoms with Crippen molar-refractivity contribution in [3.63, 3.8) is 0 Å². The molecule has 0 saturated carbocycles. The van der Waals surface area contributed by atoms with Gasteiger partial charge in [-0.3, -0.25) is 9.20 Å². The minimum absolute atomic E-state index is 0.571. The fourth-order valence-electron chi connectivity index (χ4n) is 2.19. The number of hydrogen-bond acceptors (Lipinski definition) is 3. The van der Waals surface area contributed by atoms with E-state index in [9.17, 15) is 4.79 Å². The lowest BCUT2D eigenvalue weighted by molar-refractivity contribution is 0.111. The van der Waals surface area contributed by atoms with Gasteiger partial charge in [-0.25, -0.2) is 4.98 Å². The molecule has 96 valence electrons. The molecule has 0 N–H and O–H groups in total. The van der Waals surface area contributed by atoms with E-state index < -0.39 is 0 Å². The molecular weight excluding hydrogens is 280 g/mol. The van der Waals surface area contributed by atoms with Gasteiger partial charge in [-0.15, -0.1) is 11.3 Å². The molecule has 2 aromatic heterocycles. The van der Waals surface area contributed by atoms with Crippen LogP contribution in [0.2, 0.25) is 5.02 Å². The van der Waals surface area contributed by atoms with E-state index in [0.717, 1.165) is 38.0 Å². The first-order chi connectivity index (χ1) is 9.11. The molecule has 0 fully saturated rings. The summed E-state index contributed by atoms with van der Waals surface area (Å²) in [5.74, 6) is 0. The number of carbonyl (C=O) groups is 1. The Morgan fingerprint density at radius 1 is 1.37 bits per heavy atom. The first-order valence-corrected chi connectivity index (χ1v) is 7.00. The maximum atomic E-state index is 11.1. The maximum Gasteiger partial charge on any atom is 0.194 e. The van der Waals surface area contributed by atoms with E-state index in [-0.39, 0.29) is 0 Å². The van der Waals surface area contributed by atoms with Gasteiger partial charge >= 0.3 is 0 Å². The van der Waals surface area contributed by atoms with Gasteiger partial charge in [0.15, 0.2) is 11.2 Å². The van der Waals surface area contributed by atoms with Crippen molar-refractivity contribution >= 4 is 34.2 Å². The molecule has 0 unspecified atom stereocenters. The second-order valence-corrected chi connectivity index (χ2v) is 5.98. The van der Waals surface area contributed by atoms with Crippen LogP contribution in [0.5, 0.6) is 0 Å². The molecule has 3 rings (SSSR count). The molecule has 2 heterocycles. The Balaban J connectivity index is 2.34. The Hall–Kier alpha value is -1.65. The van der Waals surface area contributed by atoms with Crippen molar-refractivity contribution in [1.82, 2.24) is 9.38 Å². The molecular formula is C14H11ClN2OS. The fourth-order valence-corrected chi connectivity index (χ4v) is 3.28. The number of rotatable bonds is 2. The molecule has 0 saturated heterocycles. The van der Waals surface area contributed by atoms with Crippen LogP contribution in [0.4, 0.5) is 0 Å². The summed E-state index contributed by atoms with van der Waals surface area (Å²) in [4.78, 5) is 17.3. The predicted octanol–water partition coefficient (Wildman–Crippen LogP) is 4.15. The Bertz CT molecular complexity index is 788. The number of imidazole rings is 1. The van der Waals surface area contributed by atoms with Gasteiger partial charge in [-0.1, -0.05) is 17.7 Å². The normalized spacial score (nSPS) is 11.1. The molecule has 0 amide bonds. The molecule has 0 aliphatic heterocycles. The molecule has 0 atom stereocenters. The van der Waals surface area contributed by atoms with E-state index in [1.54, 1.807) is 17.5 Å². The highest BCUT2D eigenvalue weighted by molar-refractivity contribution is 7.17. The number of nitrogens with zero attached hydrogens (tertiary/aromatic N) is 2. The Kier molecular flexibility index (Phi) is 2.92. The third-order valence-electron chi connectivity index (χ3n) is 3.11. The van der Waals surface area contributed by atoms with Gasteiger partial charge in [0.25, 0.3) is 0 Å². The molecule has 0 bridgehead atoms. The Morgan fingerprint density at radius 2 is 2.16 bits per heavy atom. The van der Waals surface area contributed by atoms with E-state index in [0.29, 0.717) is 5.69 Å². The van der Waals surface area contributed by atoms with Gasteiger partial charge in [-0.05, 0) is 31.5 Å². The molecule has 19 heavy (non-hydrogen) atoms. The summed E-state index contributed by atoms with van der Waals surface area (Å²) in [5, 5.41) is 0.745. The monoisotopic (exact) mass is 290 g/mol. The van der Waals surface area contributed by atoms with E-state index >= 15 is 0 Å². The number of thiazole rings is 1. The maximum absolute atomic E-state index is 11.1. The van der Waals surface area contributed by atoms with E-state index in [1.807, 2.05) is 36.4 Å². The smallest absolute Gasteiger partial charge is 0.194 e. The predicted molar refractivity (Wildman–Crippen MR) is 78.4 cm³/mol. The van der Waals surface area contributed by atoms with E-state index in [4.69, 9.17) is 11.6 Å². The summed E-state index contributed by atoms with van der Waals surface area (Å²) in [6, 6.07) is 5.89. The molecule has 1 aromatic carbocycles. The van der Waals surface area contributed by atoms with Crippen LogP contribution in [0.25, 0.3) is 16.2 Å². The van der Waals surface area contributed by atoms with Crippen molar-refractivity contribution in [3.8, 4) is 11.3 Å². The number of aldehydes is 1. The zero-order chi connectivity index (χ0) is 13.6. The quantitative estimate of drug-likeness (QED) is 0.665. The highest BCUT2D eigenvalue weighted by atomic mass is 35.5. The van der Waals surface area contributed by atoms with Crippen LogP contribution >= 0.6 is 22.9 Å². The molecule has 0 spiro atoms. The molecule has 5 heteroatoms. The molecule has 0 radical (unpaired) electrons.